The predicted molar refractivity (Wildman–Crippen MR) is 87.1 cm³/mol. The van der Waals surface area contributed by atoms with Crippen molar-refractivity contribution in [2.75, 3.05) is 5.32 Å². The van der Waals surface area contributed by atoms with E-state index in [1.165, 1.54) is 4.57 Å². The first kappa shape index (κ1) is 14.7. The largest absolute Gasteiger partial charge is 0.351 e. The summed E-state index contributed by atoms with van der Waals surface area (Å²) in [5, 5.41) is 7.74. The van der Waals surface area contributed by atoms with Gasteiger partial charge in [-0.25, -0.2) is 14.5 Å². The number of fused-ring (bicyclic) bond motifs is 2. The van der Waals surface area contributed by atoms with Crippen LogP contribution in [0.2, 0.25) is 0 Å². The molecule has 1 aliphatic heterocycles. The van der Waals surface area contributed by atoms with Gasteiger partial charge in [-0.15, -0.1) is 0 Å². The molecule has 0 saturated carbocycles. The second-order valence-electron chi connectivity index (χ2n) is 6.12. The van der Waals surface area contributed by atoms with Gasteiger partial charge in [-0.3, -0.25) is 14.3 Å². The van der Waals surface area contributed by atoms with Crippen LogP contribution >= 0.6 is 0 Å². The van der Waals surface area contributed by atoms with E-state index in [0.29, 0.717) is 23.7 Å². The molecule has 3 aromatic rings. The fourth-order valence-corrected chi connectivity index (χ4v) is 3.17. The maximum Gasteiger partial charge on any atom is 0.329 e. The molecule has 1 atom stereocenters. The number of aromatic nitrogens is 7. The second kappa shape index (κ2) is 5.05. The van der Waals surface area contributed by atoms with Crippen LogP contribution in [0.25, 0.3) is 11.2 Å². The Labute approximate surface area is 136 Å². The van der Waals surface area contributed by atoms with E-state index >= 15 is 0 Å². The fraction of sp³-hybridized carbons (Fsp3) is 0.500. The molecule has 0 aromatic carbocycles. The Morgan fingerprint density at radius 3 is 2.79 bits per heavy atom. The van der Waals surface area contributed by atoms with E-state index in [2.05, 4.69) is 25.4 Å². The van der Waals surface area contributed by atoms with Crippen molar-refractivity contribution in [2.45, 2.75) is 32.4 Å². The second-order valence-corrected chi connectivity index (χ2v) is 6.12. The van der Waals surface area contributed by atoms with Gasteiger partial charge < -0.3 is 9.88 Å². The zero-order valence-corrected chi connectivity index (χ0v) is 13.7. The average Bonchev–Trinajstić information content (AvgIpc) is 3.05. The summed E-state index contributed by atoms with van der Waals surface area (Å²) >= 11 is 0. The van der Waals surface area contributed by atoms with Crippen molar-refractivity contribution in [2.24, 2.45) is 14.1 Å². The number of nitrogens with zero attached hydrogens (tertiary/aromatic N) is 6. The standard InChI is InChI=1S/C14H18N8O2/c1-7-15-9-5-4-8(6-22(9)19-7)16-13-17-11-10(20(13)2)12(23)18-14(24)21(11)3/h8H,4-6H2,1-3H3,(H,16,17)(H,18,23,24)/t8-/m0/s1. The highest BCUT2D eigenvalue weighted by Gasteiger charge is 2.23. The smallest absolute Gasteiger partial charge is 0.329 e. The summed E-state index contributed by atoms with van der Waals surface area (Å²) in [7, 11) is 3.34. The monoisotopic (exact) mass is 330 g/mol. The van der Waals surface area contributed by atoms with E-state index < -0.39 is 11.2 Å². The van der Waals surface area contributed by atoms with E-state index in [-0.39, 0.29) is 6.04 Å². The van der Waals surface area contributed by atoms with E-state index in [1.54, 1.807) is 18.7 Å². The van der Waals surface area contributed by atoms with Crippen LogP contribution in [0.5, 0.6) is 0 Å². The van der Waals surface area contributed by atoms with Crippen LogP contribution in [-0.4, -0.2) is 39.9 Å². The molecule has 1 aliphatic rings. The molecule has 0 fully saturated rings. The molecular weight excluding hydrogens is 312 g/mol. The molecular formula is C14H18N8O2. The van der Waals surface area contributed by atoms with E-state index in [9.17, 15) is 9.59 Å². The van der Waals surface area contributed by atoms with Gasteiger partial charge in [-0.1, -0.05) is 0 Å². The summed E-state index contributed by atoms with van der Waals surface area (Å²) in [5.74, 6) is 2.33. The number of anilines is 1. The molecule has 4 rings (SSSR count). The highest BCUT2D eigenvalue weighted by molar-refractivity contribution is 5.73. The number of hydrogen-bond donors (Lipinski definition) is 2. The molecule has 0 bridgehead atoms. The summed E-state index contributed by atoms with van der Waals surface area (Å²) in [6.45, 7) is 2.57. The predicted octanol–water partition coefficient (Wildman–Crippen LogP) is -0.713. The first-order valence-corrected chi connectivity index (χ1v) is 7.76. The van der Waals surface area contributed by atoms with Gasteiger partial charge in [0.25, 0.3) is 5.56 Å². The summed E-state index contributed by atoms with van der Waals surface area (Å²) in [6.07, 6.45) is 1.73. The lowest BCUT2D eigenvalue weighted by Gasteiger charge is -2.23. The minimum atomic E-state index is -0.474. The molecule has 4 heterocycles. The summed E-state index contributed by atoms with van der Waals surface area (Å²) in [4.78, 5) is 34.9. The molecule has 0 radical (unpaired) electrons. The summed E-state index contributed by atoms with van der Waals surface area (Å²) in [6, 6.07) is 0.130. The normalized spacial score (nSPS) is 17.2. The Hall–Kier alpha value is -2.91. The third-order valence-corrected chi connectivity index (χ3v) is 4.43. The number of nitrogens with one attached hydrogen (secondary N) is 2. The lowest BCUT2D eigenvalue weighted by Crippen LogP contribution is -2.33. The Morgan fingerprint density at radius 2 is 2.00 bits per heavy atom. The molecule has 0 amide bonds. The molecule has 0 spiro atoms. The van der Waals surface area contributed by atoms with E-state index in [0.717, 1.165) is 24.5 Å². The van der Waals surface area contributed by atoms with Crippen molar-refractivity contribution in [1.29, 1.82) is 0 Å². The minimum absolute atomic E-state index is 0.130. The van der Waals surface area contributed by atoms with Crippen LogP contribution in [0.1, 0.15) is 18.1 Å². The first-order chi connectivity index (χ1) is 11.4. The Kier molecular flexibility index (Phi) is 3.08. The zero-order valence-electron chi connectivity index (χ0n) is 13.7. The highest BCUT2D eigenvalue weighted by atomic mass is 16.2. The van der Waals surface area contributed by atoms with Crippen molar-refractivity contribution >= 4 is 17.1 Å². The van der Waals surface area contributed by atoms with Gasteiger partial charge in [0, 0.05) is 26.6 Å². The van der Waals surface area contributed by atoms with Crippen molar-refractivity contribution in [3.05, 3.63) is 32.5 Å². The van der Waals surface area contributed by atoms with Gasteiger partial charge >= 0.3 is 5.69 Å². The number of aromatic amines is 1. The molecule has 0 saturated heterocycles. The average molecular weight is 330 g/mol. The molecule has 10 heteroatoms. The lowest BCUT2D eigenvalue weighted by atomic mass is 10.1. The molecule has 24 heavy (non-hydrogen) atoms. The van der Waals surface area contributed by atoms with Crippen molar-refractivity contribution in [1.82, 2.24) is 33.9 Å². The van der Waals surface area contributed by atoms with Crippen molar-refractivity contribution < 1.29 is 0 Å². The number of imidazole rings is 1. The van der Waals surface area contributed by atoms with Gasteiger partial charge in [0.2, 0.25) is 5.95 Å². The van der Waals surface area contributed by atoms with Gasteiger partial charge in [0.15, 0.2) is 11.2 Å². The number of aryl methyl sites for hydroxylation is 4. The van der Waals surface area contributed by atoms with Crippen LogP contribution in [0.4, 0.5) is 5.95 Å². The molecule has 0 aliphatic carbocycles. The third-order valence-electron chi connectivity index (χ3n) is 4.43. The molecule has 126 valence electrons. The van der Waals surface area contributed by atoms with Gasteiger partial charge in [-0.05, 0) is 13.3 Å². The summed E-state index contributed by atoms with van der Waals surface area (Å²) in [5.41, 5.74) is -0.180. The Bertz CT molecular complexity index is 1050. The van der Waals surface area contributed by atoms with Crippen molar-refractivity contribution in [3.8, 4) is 0 Å². The quantitative estimate of drug-likeness (QED) is 0.641. The lowest BCUT2D eigenvalue weighted by molar-refractivity contribution is 0.438. The Balaban J connectivity index is 1.70. The van der Waals surface area contributed by atoms with E-state index in [4.69, 9.17) is 0 Å². The molecule has 0 unspecified atom stereocenters. The van der Waals surface area contributed by atoms with Crippen LogP contribution < -0.4 is 16.6 Å². The molecule has 2 N–H and O–H groups in total. The fourth-order valence-electron chi connectivity index (χ4n) is 3.17. The van der Waals surface area contributed by atoms with Gasteiger partial charge in [0.05, 0.1) is 6.54 Å². The van der Waals surface area contributed by atoms with Gasteiger partial charge in [0.1, 0.15) is 11.6 Å². The maximum absolute atomic E-state index is 12.1. The minimum Gasteiger partial charge on any atom is -0.351 e. The number of H-pyrrole nitrogens is 1. The molecule has 10 nitrogen and oxygen atoms in total. The topological polar surface area (TPSA) is 115 Å². The van der Waals surface area contributed by atoms with Crippen LogP contribution in [-0.2, 0) is 27.1 Å². The zero-order chi connectivity index (χ0) is 17.0. The Morgan fingerprint density at radius 1 is 1.21 bits per heavy atom. The SMILES string of the molecule is Cc1nc2n(n1)C[C@@H](Nc1nc3c(c(=O)[nH]c(=O)n3C)n1C)CC2. The maximum atomic E-state index is 12.1. The van der Waals surface area contributed by atoms with Crippen LogP contribution in [0.15, 0.2) is 9.59 Å². The van der Waals surface area contributed by atoms with Crippen LogP contribution in [0, 0.1) is 6.92 Å². The highest BCUT2D eigenvalue weighted by Crippen LogP contribution is 2.19. The van der Waals surface area contributed by atoms with E-state index in [1.807, 2.05) is 11.6 Å². The van der Waals surface area contributed by atoms with Crippen molar-refractivity contribution in [3.63, 3.8) is 0 Å². The van der Waals surface area contributed by atoms with Gasteiger partial charge in [-0.2, -0.15) is 10.1 Å². The molecule has 3 aromatic heterocycles. The first-order valence-electron chi connectivity index (χ1n) is 7.76. The number of rotatable bonds is 2. The third kappa shape index (κ3) is 2.14. The number of hydrogen-bond acceptors (Lipinski definition) is 6. The van der Waals surface area contributed by atoms with Crippen LogP contribution in [0.3, 0.4) is 0 Å². The summed E-state index contributed by atoms with van der Waals surface area (Å²) < 4.78 is 4.92.